The van der Waals surface area contributed by atoms with Crippen molar-refractivity contribution >= 4 is 16.6 Å². The first-order valence-corrected chi connectivity index (χ1v) is 18.6. The summed E-state index contributed by atoms with van der Waals surface area (Å²) in [5.74, 6) is 2.33. The van der Waals surface area contributed by atoms with E-state index in [1.807, 2.05) is 62.9 Å². The normalized spacial score (nSPS) is 10.9. The van der Waals surface area contributed by atoms with Gasteiger partial charge < -0.3 is 4.40 Å². The molecule has 0 aliphatic heterocycles. The Morgan fingerprint density at radius 2 is 0.925 bits per heavy atom. The fourth-order valence-electron chi connectivity index (χ4n) is 5.61. The Bertz CT molecular complexity index is 2140. The quantitative estimate of drug-likeness (QED) is 0.173. The molecule has 0 spiro atoms. The molecule has 7 nitrogen and oxygen atoms in total. The van der Waals surface area contributed by atoms with Gasteiger partial charge in [0.1, 0.15) is 5.65 Å². The number of rotatable bonds is 6. The molecule has 0 radical (unpaired) electrons. The summed E-state index contributed by atoms with van der Waals surface area (Å²) < 4.78 is 5.75. The second kappa shape index (κ2) is 18.6. The minimum Gasteiger partial charge on any atom is -0.307 e. The van der Waals surface area contributed by atoms with Gasteiger partial charge in [-0.05, 0) is 113 Å². The van der Waals surface area contributed by atoms with Crippen molar-refractivity contribution in [3.8, 4) is 11.4 Å². The summed E-state index contributed by atoms with van der Waals surface area (Å²) in [6, 6.07) is 35.7. The molecule has 8 aromatic rings. The number of benzene rings is 3. The van der Waals surface area contributed by atoms with Gasteiger partial charge in [0, 0.05) is 55.0 Å². The van der Waals surface area contributed by atoms with Gasteiger partial charge in [0.25, 0.3) is 0 Å². The van der Waals surface area contributed by atoms with Crippen LogP contribution in [-0.4, -0.2) is 33.9 Å². The summed E-state index contributed by atoms with van der Waals surface area (Å²) in [4.78, 5) is 8.51. The van der Waals surface area contributed by atoms with Gasteiger partial charge in [0.15, 0.2) is 0 Å². The van der Waals surface area contributed by atoms with Crippen molar-refractivity contribution in [3.05, 3.63) is 175 Å². The monoisotopic (exact) mass is 703 g/mol. The van der Waals surface area contributed by atoms with Crippen LogP contribution in [0.5, 0.6) is 0 Å². The smallest absolute Gasteiger partial charge is 0.136 e. The van der Waals surface area contributed by atoms with Crippen LogP contribution in [0.25, 0.3) is 27.9 Å². The second-order valence-corrected chi connectivity index (χ2v) is 14.3. The SMILES string of the molecule is CC(C)c1ccc(-n2cccn2)cc1.CC(C)c1ccc(-n2cccn2)cc1.CC(C)c1ccc2ncccc2c1.CC(C)c1ccn2ccnc2c1. The highest BCUT2D eigenvalue weighted by molar-refractivity contribution is 5.79. The highest BCUT2D eigenvalue weighted by atomic mass is 15.3. The van der Waals surface area contributed by atoms with E-state index in [1.165, 1.54) is 27.6 Å². The summed E-state index contributed by atoms with van der Waals surface area (Å²) in [6.45, 7) is 17.6. The number of hydrogen-bond donors (Lipinski definition) is 0. The van der Waals surface area contributed by atoms with Crippen LogP contribution in [0.15, 0.2) is 153 Å². The van der Waals surface area contributed by atoms with Crippen LogP contribution >= 0.6 is 0 Å². The van der Waals surface area contributed by atoms with E-state index >= 15 is 0 Å². The molecule has 7 heteroatoms. The lowest BCUT2D eigenvalue weighted by Gasteiger charge is -2.06. The van der Waals surface area contributed by atoms with Crippen molar-refractivity contribution < 1.29 is 0 Å². The summed E-state index contributed by atoms with van der Waals surface area (Å²) in [7, 11) is 0. The predicted octanol–water partition coefficient (Wildman–Crippen LogP) is 11.8. The maximum absolute atomic E-state index is 4.28. The number of nitrogens with zero attached hydrogens (tertiary/aromatic N) is 7. The molecule has 0 amide bonds. The molecule has 0 aliphatic carbocycles. The first-order valence-electron chi connectivity index (χ1n) is 18.6. The van der Waals surface area contributed by atoms with Crippen LogP contribution in [0.4, 0.5) is 0 Å². The molecule has 8 rings (SSSR count). The number of imidazole rings is 1. The Hall–Kier alpha value is -5.82. The van der Waals surface area contributed by atoms with Crippen molar-refractivity contribution in [3.63, 3.8) is 0 Å². The van der Waals surface area contributed by atoms with Gasteiger partial charge in [-0.25, -0.2) is 14.3 Å². The van der Waals surface area contributed by atoms with E-state index in [-0.39, 0.29) is 0 Å². The maximum atomic E-state index is 4.28. The van der Waals surface area contributed by atoms with Crippen molar-refractivity contribution in [1.82, 2.24) is 33.9 Å². The molecule has 0 saturated heterocycles. The third-order valence-corrected chi connectivity index (χ3v) is 9.04. The summed E-state index contributed by atoms with van der Waals surface area (Å²) in [5.41, 5.74) is 9.77. The van der Waals surface area contributed by atoms with Crippen LogP contribution in [0.2, 0.25) is 0 Å². The van der Waals surface area contributed by atoms with E-state index in [1.54, 1.807) is 12.4 Å². The first kappa shape index (κ1) is 38.4. The number of fused-ring (bicyclic) bond motifs is 2. The fourth-order valence-corrected chi connectivity index (χ4v) is 5.61. The third kappa shape index (κ3) is 10.8. The van der Waals surface area contributed by atoms with E-state index < -0.39 is 0 Å². The van der Waals surface area contributed by atoms with Crippen molar-refractivity contribution in [2.45, 2.75) is 79.1 Å². The van der Waals surface area contributed by atoms with Crippen LogP contribution in [0, 0.1) is 0 Å². The third-order valence-electron chi connectivity index (χ3n) is 9.04. The average Bonchev–Trinajstić information content (AvgIpc) is 3.99. The number of aromatic nitrogens is 7. The van der Waals surface area contributed by atoms with Gasteiger partial charge in [0.2, 0.25) is 0 Å². The van der Waals surface area contributed by atoms with Crippen LogP contribution < -0.4 is 0 Å². The molecule has 5 heterocycles. The molecule has 0 bridgehead atoms. The minimum atomic E-state index is 0.576. The molecule has 0 N–H and O–H groups in total. The van der Waals surface area contributed by atoms with Gasteiger partial charge in [-0.15, -0.1) is 0 Å². The summed E-state index contributed by atoms with van der Waals surface area (Å²) >= 11 is 0. The van der Waals surface area contributed by atoms with Gasteiger partial charge in [-0.3, -0.25) is 4.98 Å². The number of pyridine rings is 2. The Labute approximate surface area is 315 Å². The molecule has 0 fully saturated rings. The minimum absolute atomic E-state index is 0.576. The zero-order valence-corrected chi connectivity index (χ0v) is 32.4. The molecular formula is C46H53N7. The highest BCUT2D eigenvalue weighted by Gasteiger charge is 2.03. The molecule has 5 aromatic heterocycles. The summed E-state index contributed by atoms with van der Waals surface area (Å²) in [6.07, 6.45) is 15.1. The Kier molecular flexibility index (Phi) is 13.5. The molecule has 53 heavy (non-hydrogen) atoms. The average molecular weight is 704 g/mol. The van der Waals surface area contributed by atoms with E-state index in [0.29, 0.717) is 23.7 Å². The molecule has 0 saturated carbocycles. The van der Waals surface area contributed by atoms with Crippen molar-refractivity contribution in [2.24, 2.45) is 0 Å². The van der Waals surface area contributed by atoms with E-state index in [9.17, 15) is 0 Å². The van der Waals surface area contributed by atoms with Crippen LogP contribution in [0.1, 0.15) is 101 Å². The zero-order chi connectivity index (χ0) is 37.7. The van der Waals surface area contributed by atoms with Crippen LogP contribution in [-0.2, 0) is 0 Å². The van der Waals surface area contributed by atoms with Crippen molar-refractivity contribution in [2.75, 3.05) is 0 Å². The highest BCUT2D eigenvalue weighted by Crippen LogP contribution is 2.20. The standard InChI is InChI=1S/2C12H14N2.C12H13N.C10H12N2/c2*1-10(2)11-4-6-12(7-5-11)14-9-3-8-13-14;1-9(2)10-5-6-12-11(8-10)4-3-7-13-12;1-8(2)9-3-5-12-6-4-11-10(12)7-9/h2*3-10H,1-2H3;3-9H,1-2H3;3-8H,1-2H3. The Balaban J connectivity index is 0.000000136. The number of hydrogen-bond acceptors (Lipinski definition) is 4. The fraction of sp³-hybridized carbons (Fsp3) is 0.261. The molecule has 3 aromatic carbocycles. The Morgan fingerprint density at radius 3 is 1.42 bits per heavy atom. The van der Waals surface area contributed by atoms with Gasteiger partial charge in [-0.1, -0.05) is 91.8 Å². The van der Waals surface area contributed by atoms with Crippen LogP contribution in [0.3, 0.4) is 0 Å². The maximum Gasteiger partial charge on any atom is 0.136 e. The topological polar surface area (TPSA) is 65.8 Å². The van der Waals surface area contributed by atoms with Gasteiger partial charge >= 0.3 is 0 Å². The van der Waals surface area contributed by atoms with Gasteiger partial charge in [0.05, 0.1) is 16.9 Å². The lowest BCUT2D eigenvalue weighted by atomic mass is 10.0. The lowest BCUT2D eigenvalue weighted by molar-refractivity contribution is 0.853. The molecule has 0 atom stereocenters. The first-order chi connectivity index (χ1) is 25.6. The Morgan fingerprint density at radius 1 is 0.415 bits per heavy atom. The second-order valence-electron chi connectivity index (χ2n) is 14.3. The zero-order valence-electron chi connectivity index (χ0n) is 32.4. The molecule has 0 unspecified atom stereocenters. The van der Waals surface area contributed by atoms with E-state index in [0.717, 1.165) is 22.5 Å². The summed E-state index contributed by atoms with van der Waals surface area (Å²) in [5, 5.41) is 9.59. The van der Waals surface area contributed by atoms with Crippen molar-refractivity contribution in [1.29, 1.82) is 0 Å². The van der Waals surface area contributed by atoms with Gasteiger partial charge in [-0.2, -0.15) is 10.2 Å². The molecular weight excluding hydrogens is 651 g/mol. The van der Waals surface area contributed by atoms with E-state index in [2.05, 4.69) is 167 Å². The lowest BCUT2D eigenvalue weighted by Crippen LogP contribution is -1.94. The molecule has 272 valence electrons. The molecule has 0 aliphatic rings. The predicted molar refractivity (Wildman–Crippen MR) is 220 cm³/mol. The largest absolute Gasteiger partial charge is 0.307 e. The van der Waals surface area contributed by atoms with E-state index in [4.69, 9.17) is 0 Å².